The van der Waals surface area contributed by atoms with Crippen LogP contribution in [0.25, 0.3) is 0 Å². The first-order valence-corrected chi connectivity index (χ1v) is 7.14. The van der Waals surface area contributed by atoms with Crippen molar-refractivity contribution in [1.29, 1.82) is 0 Å². The molecule has 2 aliphatic rings. The molecule has 2 fully saturated rings. The van der Waals surface area contributed by atoms with Crippen molar-refractivity contribution in [2.45, 2.75) is 64.0 Å². The highest BCUT2D eigenvalue weighted by Crippen LogP contribution is 2.35. The maximum absolute atomic E-state index is 4.49. The van der Waals surface area contributed by atoms with Crippen LogP contribution < -0.4 is 5.32 Å². The molecule has 0 amide bonds. The van der Waals surface area contributed by atoms with E-state index in [0.29, 0.717) is 12.1 Å². The summed E-state index contributed by atoms with van der Waals surface area (Å²) in [5.41, 5.74) is 0. The molecule has 3 nitrogen and oxygen atoms in total. The average molecular weight is 233 g/mol. The van der Waals surface area contributed by atoms with Crippen molar-refractivity contribution < 1.29 is 0 Å². The second-order valence-corrected chi connectivity index (χ2v) is 5.72. The second-order valence-electron chi connectivity index (χ2n) is 5.72. The van der Waals surface area contributed by atoms with Crippen LogP contribution in [0.2, 0.25) is 0 Å². The van der Waals surface area contributed by atoms with Gasteiger partial charge in [-0.25, -0.2) is 4.98 Å². The molecule has 2 aliphatic carbocycles. The maximum Gasteiger partial charge on any atom is 0.203 e. The maximum atomic E-state index is 4.49. The van der Waals surface area contributed by atoms with Gasteiger partial charge in [-0.2, -0.15) is 0 Å². The van der Waals surface area contributed by atoms with Gasteiger partial charge in [-0.15, -0.1) is 0 Å². The van der Waals surface area contributed by atoms with Crippen LogP contribution in [-0.4, -0.2) is 15.6 Å². The highest BCUT2D eigenvalue weighted by Gasteiger charge is 2.29. The lowest BCUT2D eigenvalue weighted by Gasteiger charge is -2.25. The summed E-state index contributed by atoms with van der Waals surface area (Å²) in [5, 5.41) is 3.60. The Balaban J connectivity index is 1.69. The van der Waals surface area contributed by atoms with Gasteiger partial charge in [0.15, 0.2) is 0 Å². The van der Waals surface area contributed by atoms with Gasteiger partial charge in [-0.1, -0.05) is 19.3 Å². The van der Waals surface area contributed by atoms with Gasteiger partial charge in [-0.3, -0.25) is 0 Å². The van der Waals surface area contributed by atoms with Crippen molar-refractivity contribution in [3.8, 4) is 0 Å². The van der Waals surface area contributed by atoms with E-state index in [1.165, 1.54) is 44.9 Å². The number of hydrogen-bond acceptors (Lipinski definition) is 2. The zero-order chi connectivity index (χ0) is 11.7. The lowest BCUT2D eigenvalue weighted by Crippen LogP contribution is -2.22. The van der Waals surface area contributed by atoms with Crippen molar-refractivity contribution in [2.75, 3.05) is 5.32 Å². The van der Waals surface area contributed by atoms with Gasteiger partial charge in [-0.05, 0) is 38.5 Å². The van der Waals surface area contributed by atoms with E-state index in [1.54, 1.807) is 0 Å². The van der Waals surface area contributed by atoms with E-state index in [2.05, 4.69) is 28.0 Å². The van der Waals surface area contributed by atoms with Crippen molar-refractivity contribution in [2.24, 2.45) is 5.92 Å². The number of imidazole rings is 1. The number of aromatic nitrogens is 2. The first-order valence-electron chi connectivity index (χ1n) is 7.14. The third kappa shape index (κ3) is 2.48. The van der Waals surface area contributed by atoms with Gasteiger partial charge in [0, 0.05) is 24.5 Å². The van der Waals surface area contributed by atoms with E-state index in [0.717, 1.165) is 11.9 Å². The van der Waals surface area contributed by atoms with E-state index < -0.39 is 0 Å². The summed E-state index contributed by atoms with van der Waals surface area (Å²) in [6.07, 6.45) is 13.7. The summed E-state index contributed by atoms with van der Waals surface area (Å²) in [7, 11) is 0. The van der Waals surface area contributed by atoms with E-state index in [9.17, 15) is 0 Å². The summed E-state index contributed by atoms with van der Waals surface area (Å²) in [6, 6.07) is 1.26. The van der Waals surface area contributed by atoms with Gasteiger partial charge in [0.25, 0.3) is 0 Å². The Morgan fingerprint density at radius 3 is 2.71 bits per heavy atom. The van der Waals surface area contributed by atoms with Crippen LogP contribution >= 0.6 is 0 Å². The summed E-state index contributed by atoms with van der Waals surface area (Å²) >= 11 is 0. The summed E-state index contributed by atoms with van der Waals surface area (Å²) < 4.78 is 2.37. The quantitative estimate of drug-likeness (QED) is 0.861. The molecule has 3 heteroatoms. The highest BCUT2D eigenvalue weighted by atomic mass is 15.2. The van der Waals surface area contributed by atoms with Crippen molar-refractivity contribution >= 4 is 5.95 Å². The summed E-state index contributed by atoms with van der Waals surface area (Å²) in [4.78, 5) is 4.49. The van der Waals surface area contributed by atoms with Crippen LogP contribution in [0.4, 0.5) is 5.95 Å². The molecule has 3 rings (SSSR count). The number of rotatable bonds is 4. The lowest BCUT2D eigenvalue weighted by molar-refractivity contribution is 0.355. The zero-order valence-electron chi connectivity index (χ0n) is 10.7. The van der Waals surface area contributed by atoms with E-state index in [-0.39, 0.29) is 0 Å². The number of nitrogens with zero attached hydrogens (tertiary/aromatic N) is 2. The molecule has 0 aliphatic heterocycles. The molecule has 1 atom stereocenters. The van der Waals surface area contributed by atoms with Crippen LogP contribution in [-0.2, 0) is 0 Å². The number of hydrogen-bond donors (Lipinski definition) is 1. The average Bonchev–Trinajstić information content (AvgIpc) is 3.12. The van der Waals surface area contributed by atoms with Crippen molar-refractivity contribution in [3.63, 3.8) is 0 Å². The molecule has 1 aromatic rings. The molecule has 0 saturated heterocycles. The molecule has 1 aromatic heterocycles. The lowest BCUT2D eigenvalue weighted by atomic mass is 9.95. The topological polar surface area (TPSA) is 29.9 Å². The minimum atomic E-state index is 0.583. The predicted octanol–water partition coefficient (Wildman–Crippen LogP) is 3.60. The summed E-state index contributed by atoms with van der Waals surface area (Å²) in [6.45, 7) is 2.29. The van der Waals surface area contributed by atoms with E-state index in [4.69, 9.17) is 0 Å². The van der Waals surface area contributed by atoms with Gasteiger partial charge in [0.2, 0.25) is 5.95 Å². The molecule has 17 heavy (non-hydrogen) atoms. The molecule has 0 radical (unpaired) electrons. The third-order valence-corrected chi connectivity index (χ3v) is 4.32. The van der Waals surface area contributed by atoms with Crippen molar-refractivity contribution in [3.05, 3.63) is 12.4 Å². The van der Waals surface area contributed by atoms with Gasteiger partial charge in [0.05, 0.1) is 0 Å². The summed E-state index contributed by atoms with van der Waals surface area (Å²) in [5.74, 6) is 1.97. The van der Waals surface area contributed by atoms with Crippen LogP contribution in [0, 0.1) is 5.92 Å². The monoisotopic (exact) mass is 233 g/mol. The zero-order valence-corrected chi connectivity index (χ0v) is 10.7. The van der Waals surface area contributed by atoms with Crippen LogP contribution in [0.5, 0.6) is 0 Å². The molecule has 0 bridgehead atoms. The molecular weight excluding hydrogens is 210 g/mol. The van der Waals surface area contributed by atoms with Gasteiger partial charge >= 0.3 is 0 Å². The molecule has 94 valence electrons. The highest BCUT2D eigenvalue weighted by molar-refractivity contribution is 5.29. The Morgan fingerprint density at radius 2 is 2.00 bits per heavy atom. The second kappa shape index (κ2) is 4.71. The Hall–Kier alpha value is -0.990. The molecule has 1 N–H and O–H groups in total. The largest absolute Gasteiger partial charge is 0.353 e. The van der Waals surface area contributed by atoms with E-state index in [1.807, 2.05) is 6.20 Å². The van der Waals surface area contributed by atoms with Gasteiger partial charge in [0.1, 0.15) is 0 Å². The third-order valence-electron chi connectivity index (χ3n) is 4.32. The molecular formula is C14H23N3. The Kier molecular flexibility index (Phi) is 3.08. The fourth-order valence-corrected chi connectivity index (χ4v) is 3.00. The first-order chi connectivity index (χ1) is 8.34. The van der Waals surface area contributed by atoms with Crippen LogP contribution in [0.1, 0.15) is 57.9 Å². The minimum absolute atomic E-state index is 0.583. The van der Waals surface area contributed by atoms with Crippen LogP contribution in [0.15, 0.2) is 12.4 Å². The normalized spacial score (nSPS) is 23.6. The molecule has 1 heterocycles. The number of anilines is 1. The Bertz CT molecular complexity index is 361. The van der Waals surface area contributed by atoms with E-state index >= 15 is 0 Å². The molecule has 0 aromatic carbocycles. The standard InChI is InChI=1S/C14H23N3/c1-11(12-7-8-12)16-14-15-9-10-17(14)13-5-3-2-4-6-13/h9-13H,2-8H2,1H3,(H,15,16). The Morgan fingerprint density at radius 1 is 1.24 bits per heavy atom. The van der Waals surface area contributed by atoms with Gasteiger partial charge < -0.3 is 9.88 Å². The van der Waals surface area contributed by atoms with Crippen LogP contribution in [0.3, 0.4) is 0 Å². The van der Waals surface area contributed by atoms with Crippen molar-refractivity contribution in [1.82, 2.24) is 9.55 Å². The molecule has 0 spiro atoms. The first kappa shape index (κ1) is 11.1. The Labute approximate surface area is 104 Å². The predicted molar refractivity (Wildman–Crippen MR) is 70.2 cm³/mol. The fraction of sp³-hybridized carbons (Fsp3) is 0.786. The SMILES string of the molecule is CC(Nc1nccn1C1CCCCC1)C1CC1. The fourth-order valence-electron chi connectivity index (χ4n) is 3.00. The molecule has 1 unspecified atom stereocenters. The molecule has 2 saturated carbocycles. The smallest absolute Gasteiger partial charge is 0.203 e. The number of nitrogens with one attached hydrogen (secondary N) is 1. The minimum Gasteiger partial charge on any atom is -0.353 e.